The third kappa shape index (κ3) is 4.00. The Balaban J connectivity index is 1.53. The maximum Gasteiger partial charge on any atom is 0.288 e. The summed E-state index contributed by atoms with van der Waals surface area (Å²) < 4.78 is 0. The molecule has 4 rings (SSSR count). The number of nitrogens with one attached hydrogen (secondary N) is 2. The van der Waals surface area contributed by atoms with Crippen LogP contribution in [0.4, 0.5) is 5.69 Å². The number of nitro benzene ring substituents is 1. The molecular formula is C15H18ClN5O2S. The molecule has 0 amide bonds. The molecule has 2 bridgehead atoms. The lowest BCUT2D eigenvalue weighted by Crippen LogP contribution is -2.58. The molecule has 1 aromatic carbocycles. The van der Waals surface area contributed by atoms with Crippen molar-refractivity contribution in [3.63, 3.8) is 0 Å². The average molecular weight is 368 g/mol. The van der Waals surface area contributed by atoms with E-state index < -0.39 is 4.92 Å². The Kier molecular flexibility index (Phi) is 5.27. The summed E-state index contributed by atoms with van der Waals surface area (Å²) in [7, 11) is 0. The van der Waals surface area contributed by atoms with Gasteiger partial charge in [-0.2, -0.15) is 5.10 Å². The summed E-state index contributed by atoms with van der Waals surface area (Å²) in [5.74, 6) is 0.664. The molecule has 0 saturated carbocycles. The number of thiocarbonyl (C=S) groups is 1. The molecule has 0 radical (unpaired) electrons. The molecule has 0 spiro atoms. The van der Waals surface area contributed by atoms with Crippen molar-refractivity contribution in [1.82, 2.24) is 15.6 Å². The minimum atomic E-state index is -0.521. The van der Waals surface area contributed by atoms with Gasteiger partial charge in [0.15, 0.2) is 5.11 Å². The number of benzene rings is 1. The van der Waals surface area contributed by atoms with Crippen molar-refractivity contribution in [2.24, 2.45) is 11.0 Å². The first-order valence-corrected chi connectivity index (χ1v) is 8.57. The van der Waals surface area contributed by atoms with Crippen LogP contribution in [0.15, 0.2) is 23.3 Å². The Morgan fingerprint density at radius 3 is 2.83 bits per heavy atom. The first-order chi connectivity index (χ1) is 11.5. The van der Waals surface area contributed by atoms with Crippen LogP contribution in [-0.2, 0) is 0 Å². The molecule has 0 unspecified atom stereocenters. The van der Waals surface area contributed by atoms with Crippen LogP contribution in [0.3, 0.4) is 0 Å². The zero-order valence-corrected chi connectivity index (χ0v) is 14.5. The number of nitrogens with zero attached hydrogens (tertiary/aromatic N) is 3. The van der Waals surface area contributed by atoms with Gasteiger partial charge in [0.25, 0.3) is 5.69 Å². The van der Waals surface area contributed by atoms with Crippen LogP contribution in [0.25, 0.3) is 0 Å². The molecule has 3 saturated heterocycles. The number of hydrazone groups is 1. The van der Waals surface area contributed by atoms with E-state index in [1.165, 1.54) is 44.3 Å². The van der Waals surface area contributed by atoms with E-state index >= 15 is 0 Å². The molecule has 3 aliphatic heterocycles. The fraction of sp³-hybridized carbons (Fsp3) is 0.467. The fourth-order valence-electron chi connectivity index (χ4n) is 3.24. The van der Waals surface area contributed by atoms with Gasteiger partial charge in [-0.3, -0.25) is 15.5 Å². The highest BCUT2D eigenvalue weighted by Gasteiger charge is 2.34. The van der Waals surface area contributed by atoms with Gasteiger partial charge >= 0.3 is 0 Å². The SMILES string of the molecule is O=[N+]([O-])c1cc(/C=N/NC(=S)N[C@@H]2CN3CCC2CC3)ccc1Cl. The molecule has 2 N–H and O–H groups in total. The van der Waals surface area contributed by atoms with Crippen LogP contribution in [0.2, 0.25) is 5.02 Å². The van der Waals surface area contributed by atoms with Gasteiger partial charge in [0, 0.05) is 24.2 Å². The Morgan fingerprint density at radius 2 is 2.21 bits per heavy atom. The Bertz CT molecular complexity index is 676. The predicted molar refractivity (Wildman–Crippen MR) is 97.5 cm³/mol. The summed E-state index contributed by atoms with van der Waals surface area (Å²) in [5.41, 5.74) is 3.20. The highest BCUT2D eigenvalue weighted by Crippen LogP contribution is 2.27. The first-order valence-electron chi connectivity index (χ1n) is 7.79. The third-order valence-electron chi connectivity index (χ3n) is 4.52. The van der Waals surface area contributed by atoms with Crippen LogP contribution in [0.5, 0.6) is 0 Å². The number of halogens is 1. The highest BCUT2D eigenvalue weighted by atomic mass is 35.5. The molecule has 128 valence electrons. The van der Waals surface area contributed by atoms with Crippen molar-refractivity contribution in [1.29, 1.82) is 0 Å². The van der Waals surface area contributed by atoms with Crippen molar-refractivity contribution in [3.05, 3.63) is 38.9 Å². The standard InChI is InChI=1S/C15H18ClN5O2S/c16-12-2-1-10(7-14(12)21(22)23)8-17-19-15(24)18-13-9-20-5-3-11(13)4-6-20/h1-2,7-8,11,13H,3-6,9H2,(H2,18,19,24)/b17-8+/t13-/m1/s1. The van der Waals surface area contributed by atoms with Gasteiger partial charge < -0.3 is 10.2 Å². The van der Waals surface area contributed by atoms with Gasteiger partial charge in [0.1, 0.15) is 5.02 Å². The Labute approximate surface area is 150 Å². The summed E-state index contributed by atoms with van der Waals surface area (Å²) in [5, 5.41) is 18.8. The number of fused-ring (bicyclic) bond motifs is 3. The molecule has 3 fully saturated rings. The second-order valence-corrected chi connectivity index (χ2v) is 6.87. The van der Waals surface area contributed by atoms with E-state index in [2.05, 4.69) is 20.7 Å². The lowest BCUT2D eigenvalue weighted by Gasteiger charge is -2.45. The molecular weight excluding hydrogens is 350 g/mol. The van der Waals surface area contributed by atoms with Crippen molar-refractivity contribution in [2.45, 2.75) is 18.9 Å². The maximum atomic E-state index is 10.9. The smallest absolute Gasteiger partial charge is 0.288 e. The zero-order chi connectivity index (χ0) is 17.1. The molecule has 3 heterocycles. The molecule has 1 atom stereocenters. The van der Waals surface area contributed by atoms with E-state index in [0.29, 0.717) is 22.6 Å². The summed E-state index contributed by atoms with van der Waals surface area (Å²) in [6.07, 6.45) is 3.89. The summed E-state index contributed by atoms with van der Waals surface area (Å²) in [6.45, 7) is 3.37. The molecule has 0 aromatic heterocycles. The highest BCUT2D eigenvalue weighted by molar-refractivity contribution is 7.80. The lowest BCUT2D eigenvalue weighted by molar-refractivity contribution is -0.384. The number of hydrogen-bond acceptors (Lipinski definition) is 5. The minimum absolute atomic E-state index is 0.102. The van der Waals surface area contributed by atoms with Crippen LogP contribution >= 0.6 is 23.8 Å². The van der Waals surface area contributed by atoms with Gasteiger partial charge in [-0.25, -0.2) is 0 Å². The number of hydrogen-bond donors (Lipinski definition) is 2. The first kappa shape index (κ1) is 17.1. The third-order valence-corrected chi connectivity index (χ3v) is 5.05. The normalized spacial score (nSPS) is 25.6. The summed E-state index contributed by atoms with van der Waals surface area (Å²) in [4.78, 5) is 12.8. The van der Waals surface area contributed by atoms with E-state index in [4.69, 9.17) is 23.8 Å². The largest absolute Gasteiger partial charge is 0.357 e. The van der Waals surface area contributed by atoms with Crippen LogP contribution in [0, 0.1) is 16.0 Å². The number of piperidine rings is 3. The maximum absolute atomic E-state index is 10.9. The second kappa shape index (κ2) is 7.42. The van der Waals surface area contributed by atoms with Crippen molar-refractivity contribution < 1.29 is 4.92 Å². The van der Waals surface area contributed by atoms with Crippen LogP contribution < -0.4 is 10.7 Å². The Morgan fingerprint density at radius 1 is 1.46 bits per heavy atom. The molecule has 0 aliphatic carbocycles. The van der Waals surface area contributed by atoms with E-state index in [1.54, 1.807) is 6.07 Å². The van der Waals surface area contributed by atoms with Crippen molar-refractivity contribution in [3.8, 4) is 0 Å². The molecule has 7 nitrogen and oxygen atoms in total. The molecule has 24 heavy (non-hydrogen) atoms. The van der Waals surface area contributed by atoms with Gasteiger partial charge in [0.2, 0.25) is 0 Å². The van der Waals surface area contributed by atoms with Crippen molar-refractivity contribution >= 4 is 40.8 Å². The average Bonchev–Trinajstić information content (AvgIpc) is 2.57. The molecule has 3 aliphatic rings. The molecule has 9 heteroatoms. The summed E-state index contributed by atoms with van der Waals surface area (Å²) >= 11 is 11.0. The number of nitro groups is 1. The van der Waals surface area contributed by atoms with E-state index in [1.807, 2.05) is 0 Å². The quantitative estimate of drug-likeness (QED) is 0.367. The van der Waals surface area contributed by atoms with E-state index in [0.717, 1.165) is 6.54 Å². The predicted octanol–water partition coefficient (Wildman–Crippen LogP) is 2.14. The molecule has 1 aromatic rings. The summed E-state index contributed by atoms with van der Waals surface area (Å²) in [6, 6.07) is 4.87. The van der Waals surface area contributed by atoms with Crippen molar-refractivity contribution in [2.75, 3.05) is 19.6 Å². The van der Waals surface area contributed by atoms with Gasteiger partial charge in [-0.05, 0) is 50.1 Å². The van der Waals surface area contributed by atoms with Gasteiger partial charge in [-0.15, -0.1) is 0 Å². The number of rotatable bonds is 4. The second-order valence-electron chi connectivity index (χ2n) is 6.06. The minimum Gasteiger partial charge on any atom is -0.357 e. The van der Waals surface area contributed by atoms with Gasteiger partial charge in [0.05, 0.1) is 11.1 Å². The topological polar surface area (TPSA) is 82.8 Å². The lowest BCUT2D eigenvalue weighted by atomic mass is 9.84. The van der Waals surface area contributed by atoms with Gasteiger partial charge in [-0.1, -0.05) is 17.7 Å². The fourth-order valence-corrected chi connectivity index (χ4v) is 3.64. The van der Waals surface area contributed by atoms with E-state index in [-0.39, 0.29) is 10.7 Å². The van der Waals surface area contributed by atoms with E-state index in [9.17, 15) is 10.1 Å². The monoisotopic (exact) mass is 367 g/mol. The Hall–Kier alpha value is -1.77. The van der Waals surface area contributed by atoms with Crippen LogP contribution in [-0.4, -0.2) is 46.8 Å². The zero-order valence-electron chi connectivity index (χ0n) is 12.9. The van der Waals surface area contributed by atoms with Crippen LogP contribution in [0.1, 0.15) is 18.4 Å².